The van der Waals surface area contributed by atoms with E-state index in [1.165, 1.54) is 11.8 Å². The van der Waals surface area contributed by atoms with E-state index in [9.17, 15) is 13.6 Å². The minimum atomic E-state index is -3.00. The van der Waals surface area contributed by atoms with Crippen LogP contribution in [0.25, 0.3) is 0 Å². The van der Waals surface area contributed by atoms with E-state index in [-0.39, 0.29) is 24.9 Å². The standard InChI is InChI=1S/C14H17F2N5O3/c1-9-3-4-20(18-9)6-12(22)21-8-14(15,16)5-10(21)13-17-11(7-23-2)19-24-13/h3-4,10H,5-8H2,1-2H3/t10-/m0/s1. The van der Waals surface area contributed by atoms with E-state index in [0.717, 1.165) is 10.6 Å². The van der Waals surface area contributed by atoms with Crippen molar-refractivity contribution in [3.05, 3.63) is 29.7 Å². The van der Waals surface area contributed by atoms with Crippen molar-refractivity contribution in [2.45, 2.75) is 38.5 Å². The number of hydrogen-bond donors (Lipinski definition) is 0. The number of halogens is 2. The molecule has 1 fully saturated rings. The van der Waals surface area contributed by atoms with Crippen molar-refractivity contribution in [2.75, 3.05) is 13.7 Å². The molecule has 0 bridgehead atoms. The Balaban J connectivity index is 1.79. The molecule has 1 aliphatic heterocycles. The highest BCUT2D eigenvalue weighted by Gasteiger charge is 2.49. The Bertz CT molecular complexity index is 730. The number of nitrogens with zero attached hydrogens (tertiary/aromatic N) is 5. The molecule has 130 valence electrons. The van der Waals surface area contributed by atoms with Gasteiger partial charge in [0.25, 0.3) is 5.92 Å². The zero-order valence-electron chi connectivity index (χ0n) is 13.3. The average molecular weight is 341 g/mol. The number of carbonyl (C=O) groups excluding carboxylic acids is 1. The van der Waals surface area contributed by atoms with Crippen LogP contribution in [0.15, 0.2) is 16.8 Å². The Hall–Kier alpha value is -2.36. The molecule has 1 saturated heterocycles. The summed E-state index contributed by atoms with van der Waals surface area (Å²) in [5, 5.41) is 7.77. The van der Waals surface area contributed by atoms with Crippen LogP contribution in [0.2, 0.25) is 0 Å². The summed E-state index contributed by atoms with van der Waals surface area (Å²) in [6.45, 7) is 1.08. The second-order valence-electron chi connectivity index (χ2n) is 5.73. The van der Waals surface area contributed by atoms with Gasteiger partial charge >= 0.3 is 0 Å². The molecule has 0 aliphatic carbocycles. The number of amides is 1. The van der Waals surface area contributed by atoms with E-state index < -0.39 is 30.8 Å². The second kappa shape index (κ2) is 6.27. The van der Waals surface area contributed by atoms with Gasteiger partial charge in [0.1, 0.15) is 19.2 Å². The number of alkyl halides is 2. The number of hydrogen-bond acceptors (Lipinski definition) is 6. The van der Waals surface area contributed by atoms with Gasteiger partial charge in [-0.2, -0.15) is 10.1 Å². The molecule has 3 rings (SSSR count). The first-order valence-electron chi connectivity index (χ1n) is 7.37. The lowest BCUT2D eigenvalue weighted by Crippen LogP contribution is -2.35. The smallest absolute Gasteiger partial charge is 0.267 e. The highest BCUT2D eigenvalue weighted by atomic mass is 19.3. The van der Waals surface area contributed by atoms with Crippen molar-refractivity contribution in [3.63, 3.8) is 0 Å². The van der Waals surface area contributed by atoms with Gasteiger partial charge in [-0.3, -0.25) is 9.48 Å². The van der Waals surface area contributed by atoms with Crippen molar-refractivity contribution in [1.82, 2.24) is 24.8 Å². The van der Waals surface area contributed by atoms with Gasteiger partial charge in [0.15, 0.2) is 5.82 Å². The van der Waals surface area contributed by atoms with Crippen LogP contribution in [0, 0.1) is 6.92 Å². The van der Waals surface area contributed by atoms with E-state index in [1.54, 1.807) is 19.2 Å². The summed E-state index contributed by atoms with van der Waals surface area (Å²) in [6.07, 6.45) is 1.07. The lowest BCUT2D eigenvalue weighted by Gasteiger charge is -2.21. The predicted molar refractivity (Wildman–Crippen MR) is 76.0 cm³/mol. The van der Waals surface area contributed by atoms with Crippen molar-refractivity contribution in [3.8, 4) is 0 Å². The normalized spacial score (nSPS) is 19.8. The molecular formula is C14H17F2N5O3. The molecule has 24 heavy (non-hydrogen) atoms. The summed E-state index contributed by atoms with van der Waals surface area (Å²) in [5.74, 6) is -3.25. The van der Waals surface area contributed by atoms with Gasteiger partial charge in [0, 0.05) is 19.7 Å². The van der Waals surface area contributed by atoms with Crippen molar-refractivity contribution in [2.24, 2.45) is 0 Å². The van der Waals surface area contributed by atoms with Gasteiger partial charge in [0.2, 0.25) is 11.8 Å². The molecule has 3 heterocycles. The summed E-state index contributed by atoms with van der Waals surface area (Å²) in [4.78, 5) is 17.6. The molecule has 1 atom stereocenters. The number of likely N-dealkylation sites (tertiary alicyclic amines) is 1. The van der Waals surface area contributed by atoms with Crippen LogP contribution in [0.5, 0.6) is 0 Å². The Morgan fingerprint density at radius 2 is 2.33 bits per heavy atom. The molecule has 0 unspecified atom stereocenters. The summed E-state index contributed by atoms with van der Waals surface area (Å²) in [7, 11) is 1.46. The molecule has 0 aromatic carbocycles. The van der Waals surface area contributed by atoms with Crippen molar-refractivity contribution in [1.29, 1.82) is 0 Å². The third-order valence-electron chi connectivity index (χ3n) is 3.70. The van der Waals surface area contributed by atoms with Gasteiger partial charge in [-0.05, 0) is 13.0 Å². The molecule has 0 spiro atoms. The van der Waals surface area contributed by atoms with Gasteiger partial charge in [-0.1, -0.05) is 5.16 Å². The number of aromatic nitrogens is 4. The van der Waals surface area contributed by atoms with Gasteiger partial charge in [0.05, 0.1) is 12.2 Å². The third kappa shape index (κ3) is 3.42. The van der Waals surface area contributed by atoms with Gasteiger partial charge in [-0.25, -0.2) is 8.78 Å². The number of ether oxygens (including phenoxy) is 1. The van der Waals surface area contributed by atoms with Crippen LogP contribution in [0.1, 0.15) is 29.9 Å². The maximum absolute atomic E-state index is 13.9. The first-order valence-corrected chi connectivity index (χ1v) is 7.37. The maximum Gasteiger partial charge on any atom is 0.267 e. The van der Waals surface area contributed by atoms with E-state index in [2.05, 4.69) is 15.2 Å². The Morgan fingerprint density at radius 1 is 1.54 bits per heavy atom. The number of methoxy groups -OCH3 is 1. The van der Waals surface area contributed by atoms with E-state index in [4.69, 9.17) is 9.26 Å². The Morgan fingerprint density at radius 3 is 3.00 bits per heavy atom. The molecule has 1 aliphatic rings. The summed E-state index contributed by atoms with van der Waals surface area (Å²) < 4.78 is 39.0. The molecule has 2 aromatic heterocycles. The topological polar surface area (TPSA) is 86.3 Å². The molecule has 8 nitrogen and oxygen atoms in total. The fourth-order valence-corrected chi connectivity index (χ4v) is 2.67. The molecule has 1 amide bonds. The summed E-state index contributed by atoms with van der Waals surface area (Å²) in [6, 6.07) is 0.778. The Kier molecular flexibility index (Phi) is 4.31. The van der Waals surface area contributed by atoms with Crippen molar-refractivity contribution < 1.29 is 22.8 Å². The van der Waals surface area contributed by atoms with E-state index in [1.807, 2.05) is 0 Å². The van der Waals surface area contributed by atoms with Gasteiger partial charge < -0.3 is 14.2 Å². The van der Waals surface area contributed by atoms with Crippen molar-refractivity contribution >= 4 is 5.91 Å². The van der Waals surface area contributed by atoms with E-state index >= 15 is 0 Å². The highest BCUT2D eigenvalue weighted by Crippen LogP contribution is 2.40. The van der Waals surface area contributed by atoms with Gasteiger partial charge in [-0.15, -0.1) is 0 Å². The predicted octanol–water partition coefficient (Wildman–Crippen LogP) is 1.33. The fraction of sp³-hybridized carbons (Fsp3) is 0.571. The Labute approximate surface area is 136 Å². The van der Waals surface area contributed by atoms with Crippen LogP contribution >= 0.6 is 0 Å². The minimum absolute atomic E-state index is 0.00998. The molecule has 0 saturated carbocycles. The van der Waals surface area contributed by atoms with Crippen LogP contribution < -0.4 is 0 Å². The fourth-order valence-electron chi connectivity index (χ4n) is 2.67. The number of aryl methyl sites for hydroxylation is 1. The minimum Gasteiger partial charge on any atom is -0.377 e. The largest absolute Gasteiger partial charge is 0.377 e. The SMILES string of the molecule is COCc1noc([C@@H]2CC(F)(F)CN2C(=O)Cn2ccc(C)n2)n1. The quantitative estimate of drug-likeness (QED) is 0.815. The molecule has 10 heteroatoms. The van der Waals surface area contributed by atoms with Crippen LogP contribution in [0.3, 0.4) is 0 Å². The summed E-state index contributed by atoms with van der Waals surface area (Å²) >= 11 is 0. The van der Waals surface area contributed by atoms with E-state index in [0.29, 0.717) is 0 Å². The highest BCUT2D eigenvalue weighted by molar-refractivity contribution is 5.76. The molecule has 2 aromatic rings. The third-order valence-corrected chi connectivity index (χ3v) is 3.70. The zero-order valence-corrected chi connectivity index (χ0v) is 13.3. The first kappa shape index (κ1) is 16.5. The average Bonchev–Trinajstić information content (AvgIpc) is 3.19. The second-order valence-corrected chi connectivity index (χ2v) is 5.73. The molecular weight excluding hydrogens is 324 g/mol. The maximum atomic E-state index is 13.9. The molecule has 0 radical (unpaired) electrons. The van der Waals surface area contributed by atoms with Crippen LogP contribution in [-0.4, -0.2) is 50.3 Å². The first-order chi connectivity index (χ1) is 11.4. The monoisotopic (exact) mass is 341 g/mol. The number of carbonyl (C=O) groups is 1. The molecule has 0 N–H and O–H groups in total. The van der Waals surface area contributed by atoms with Crippen LogP contribution in [0.4, 0.5) is 8.78 Å². The zero-order chi connectivity index (χ0) is 17.3. The number of rotatable bonds is 5. The summed E-state index contributed by atoms with van der Waals surface area (Å²) in [5.41, 5.74) is 0.743. The van der Waals surface area contributed by atoms with Crippen LogP contribution in [-0.2, 0) is 22.7 Å². The lowest BCUT2D eigenvalue weighted by molar-refractivity contribution is -0.134. The lowest BCUT2D eigenvalue weighted by atomic mass is 10.2.